The van der Waals surface area contributed by atoms with E-state index in [1.165, 1.54) is 5.56 Å². The summed E-state index contributed by atoms with van der Waals surface area (Å²) in [5, 5.41) is 4.17. The molecule has 1 amide bonds. The van der Waals surface area contributed by atoms with Crippen molar-refractivity contribution in [2.45, 2.75) is 51.6 Å². The molecule has 0 bridgehead atoms. The van der Waals surface area contributed by atoms with Crippen LogP contribution in [0.5, 0.6) is 5.75 Å². The van der Waals surface area contributed by atoms with E-state index in [1.54, 1.807) is 7.11 Å². The summed E-state index contributed by atoms with van der Waals surface area (Å²) in [6, 6.07) is 15.8. The Balaban J connectivity index is 1.54. The summed E-state index contributed by atoms with van der Waals surface area (Å²) >= 11 is 0. The van der Waals surface area contributed by atoms with E-state index in [4.69, 9.17) is 9.26 Å². The first-order valence-corrected chi connectivity index (χ1v) is 10.2. The van der Waals surface area contributed by atoms with Gasteiger partial charge in [-0.25, -0.2) is 0 Å². The number of carbonyl (C=O) groups excluding carboxylic acids is 1. The number of hydrogen-bond donors (Lipinski definition) is 0. The monoisotopic (exact) mass is 405 g/mol. The molecule has 1 fully saturated rings. The van der Waals surface area contributed by atoms with Gasteiger partial charge in [0.25, 0.3) is 0 Å². The highest BCUT2D eigenvalue weighted by Gasteiger charge is 2.36. The molecule has 1 saturated heterocycles. The molecule has 2 aromatic carbocycles. The molecule has 2 heterocycles. The van der Waals surface area contributed by atoms with E-state index in [1.807, 2.05) is 41.3 Å². The maximum absolute atomic E-state index is 12.5. The maximum Gasteiger partial charge on any atom is 0.249 e. The molecule has 0 saturated carbocycles. The lowest BCUT2D eigenvalue weighted by Crippen LogP contribution is -2.27. The number of methoxy groups -OCH3 is 1. The Bertz CT molecular complexity index is 1030. The fourth-order valence-electron chi connectivity index (χ4n) is 3.76. The summed E-state index contributed by atoms with van der Waals surface area (Å²) in [6.45, 7) is 7.03. The van der Waals surface area contributed by atoms with Gasteiger partial charge in [-0.2, -0.15) is 4.98 Å². The molecule has 6 heteroatoms. The minimum absolute atomic E-state index is 0.0891. The first kappa shape index (κ1) is 20.1. The van der Waals surface area contributed by atoms with Gasteiger partial charge >= 0.3 is 0 Å². The molecule has 0 spiro atoms. The van der Waals surface area contributed by atoms with Crippen molar-refractivity contribution in [2.75, 3.05) is 7.11 Å². The molecule has 3 aromatic rings. The second kappa shape index (κ2) is 7.94. The van der Waals surface area contributed by atoms with Crippen LogP contribution in [-0.2, 0) is 16.8 Å². The highest BCUT2D eigenvalue weighted by Crippen LogP contribution is 2.34. The number of benzene rings is 2. The summed E-state index contributed by atoms with van der Waals surface area (Å²) in [4.78, 5) is 19.0. The van der Waals surface area contributed by atoms with Crippen LogP contribution in [0.4, 0.5) is 0 Å². The van der Waals surface area contributed by atoms with Gasteiger partial charge in [0.05, 0.1) is 7.11 Å². The van der Waals surface area contributed by atoms with Crippen molar-refractivity contribution in [3.63, 3.8) is 0 Å². The van der Waals surface area contributed by atoms with Gasteiger partial charge in [0.2, 0.25) is 17.6 Å². The third-order valence-corrected chi connectivity index (χ3v) is 5.55. The third-order valence-electron chi connectivity index (χ3n) is 5.55. The zero-order valence-corrected chi connectivity index (χ0v) is 17.9. The van der Waals surface area contributed by atoms with Crippen LogP contribution in [0.25, 0.3) is 11.4 Å². The molecule has 1 atom stereocenters. The molecule has 4 rings (SSSR count). The zero-order chi connectivity index (χ0) is 21.3. The van der Waals surface area contributed by atoms with Gasteiger partial charge in [-0.15, -0.1) is 0 Å². The minimum atomic E-state index is -0.209. The molecule has 156 valence electrons. The predicted molar refractivity (Wildman–Crippen MR) is 114 cm³/mol. The van der Waals surface area contributed by atoms with E-state index in [-0.39, 0.29) is 17.4 Å². The Morgan fingerprint density at radius 1 is 1.17 bits per heavy atom. The highest BCUT2D eigenvalue weighted by atomic mass is 16.5. The Kier molecular flexibility index (Phi) is 5.33. The second-order valence-electron chi connectivity index (χ2n) is 8.71. The second-order valence-corrected chi connectivity index (χ2v) is 8.71. The highest BCUT2D eigenvalue weighted by molar-refractivity contribution is 5.78. The smallest absolute Gasteiger partial charge is 0.249 e. The number of ether oxygens (including phenoxy) is 1. The van der Waals surface area contributed by atoms with Crippen molar-refractivity contribution < 1.29 is 14.1 Å². The molecule has 1 aromatic heterocycles. The van der Waals surface area contributed by atoms with Gasteiger partial charge in [-0.3, -0.25) is 4.79 Å². The molecule has 0 aliphatic carbocycles. The number of hydrogen-bond acceptors (Lipinski definition) is 5. The van der Waals surface area contributed by atoms with Crippen LogP contribution in [0.3, 0.4) is 0 Å². The normalized spacial score (nSPS) is 16.9. The quantitative estimate of drug-likeness (QED) is 0.603. The molecule has 30 heavy (non-hydrogen) atoms. The molecule has 1 unspecified atom stereocenters. The van der Waals surface area contributed by atoms with Crippen LogP contribution in [0, 0.1) is 0 Å². The first-order valence-electron chi connectivity index (χ1n) is 10.2. The number of amides is 1. The summed E-state index contributed by atoms with van der Waals surface area (Å²) in [5.41, 5.74) is 3.25. The fourth-order valence-corrected chi connectivity index (χ4v) is 3.76. The SMILES string of the molecule is COc1cccc(CN2C(=O)CCC2c2nc(-c3ccc(C(C)(C)C)cc3)no2)c1. The third kappa shape index (κ3) is 4.08. The predicted octanol–water partition coefficient (Wildman–Crippen LogP) is 4.91. The van der Waals surface area contributed by atoms with Crippen molar-refractivity contribution in [3.8, 4) is 17.1 Å². The van der Waals surface area contributed by atoms with Gasteiger partial charge < -0.3 is 14.2 Å². The summed E-state index contributed by atoms with van der Waals surface area (Å²) in [7, 11) is 1.64. The van der Waals surface area contributed by atoms with Gasteiger partial charge in [0, 0.05) is 18.5 Å². The van der Waals surface area contributed by atoms with Gasteiger partial charge in [0.15, 0.2) is 0 Å². The van der Waals surface area contributed by atoms with E-state index >= 15 is 0 Å². The van der Waals surface area contributed by atoms with Crippen LogP contribution in [-0.4, -0.2) is 28.1 Å². The number of aromatic nitrogens is 2. The number of carbonyl (C=O) groups is 1. The standard InChI is InChI=1S/C24H27N3O3/c1-24(2,3)18-10-8-17(9-11-18)22-25-23(30-26-22)20-12-13-21(28)27(20)15-16-6-5-7-19(14-16)29-4/h5-11,14,20H,12-13,15H2,1-4H3. The maximum atomic E-state index is 12.5. The van der Waals surface area contributed by atoms with Gasteiger partial charge in [0.1, 0.15) is 11.8 Å². The molecule has 0 N–H and O–H groups in total. The topological polar surface area (TPSA) is 68.5 Å². The van der Waals surface area contributed by atoms with Crippen LogP contribution in [0.15, 0.2) is 53.1 Å². The number of likely N-dealkylation sites (tertiary alicyclic amines) is 1. The molecule has 1 aliphatic heterocycles. The van der Waals surface area contributed by atoms with Crippen LogP contribution in [0.1, 0.15) is 56.7 Å². The van der Waals surface area contributed by atoms with Crippen LogP contribution in [0.2, 0.25) is 0 Å². The molecular formula is C24H27N3O3. The van der Waals surface area contributed by atoms with Gasteiger partial charge in [-0.05, 0) is 35.1 Å². The Morgan fingerprint density at radius 2 is 1.93 bits per heavy atom. The fraction of sp³-hybridized carbons (Fsp3) is 0.375. The van der Waals surface area contributed by atoms with Crippen molar-refractivity contribution in [3.05, 3.63) is 65.5 Å². The largest absolute Gasteiger partial charge is 0.497 e. The average Bonchev–Trinajstić information content (AvgIpc) is 3.35. The number of nitrogens with zero attached hydrogens (tertiary/aromatic N) is 3. The minimum Gasteiger partial charge on any atom is -0.497 e. The Hall–Kier alpha value is -3.15. The first-order chi connectivity index (χ1) is 14.3. The Labute approximate surface area is 176 Å². The van der Waals surface area contributed by atoms with Crippen molar-refractivity contribution in [1.29, 1.82) is 0 Å². The lowest BCUT2D eigenvalue weighted by Gasteiger charge is -2.22. The van der Waals surface area contributed by atoms with E-state index in [0.717, 1.165) is 16.9 Å². The van der Waals surface area contributed by atoms with Gasteiger partial charge in [-0.1, -0.05) is 62.3 Å². The van der Waals surface area contributed by atoms with E-state index in [2.05, 4.69) is 43.0 Å². The average molecular weight is 405 g/mol. The Morgan fingerprint density at radius 3 is 2.63 bits per heavy atom. The summed E-state index contributed by atoms with van der Waals surface area (Å²) < 4.78 is 10.9. The number of rotatable bonds is 5. The van der Waals surface area contributed by atoms with Crippen molar-refractivity contribution in [2.24, 2.45) is 0 Å². The molecule has 1 aliphatic rings. The zero-order valence-electron chi connectivity index (χ0n) is 17.9. The van der Waals surface area contributed by atoms with Crippen LogP contribution >= 0.6 is 0 Å². The van der Waals surface area contributed by atoms with E-state index < -0.39 is 0 Å². The molecule has 0 radical (unpaired) electrons. The molecular weight excluding hydrogens is 378 g/mol. The van der Waals surface area contributed by atoms with Crippen molar-refractivity contribution in [1.82, 2.24) is 15.0 Å². The molecule has 6 nitrogen and oxygen atoms in total. The summed E-state index contributed by atoms with van der Waals surface area (Å²) in [5.74, 6) is 1.90. The van der Waals surface area contributed by atoms with Crippen LogP contribution < -0.4 is 4.74 Å². The lowest BCUT2D eigenvalue weighted by molar-refractivity contribution is -0.130. The van der Waals surface area contributed by atoms with Crippen molar-refractivity contribution >= 4 is 5.91 Å². The lowest BCUT2D eigenvalue weighted by atomic mass is 9.87. The van der Waals surface area contributed by atoms with E-state index in [9.17, 15) is 4.79 Å². The summed E-state index contributed by atoms with van der Waals surface area (Å²) in [6.07, 6.45) is 1.15. The van der Waals surface area contributed by atoms with E-state index in [0.29, 0.717) is 31.1 Å².